The summed E-state index contributed by atoms with van der Waals surface area (Å²) in [6, 6.07) is 14.5. The number of nitrogens with one attached hydrogen (secondary N) is 3. The SMILES string of the molecule is COC(=O)CNC(=O)c1ccccc1NC(=O)[C@H](C)NC(=O)OCc1ccccc1. The van der Waals surface area contributed by atoms with Crippen molar-refractivity contribution in [1.29, 1.82) is 0 Å². The molecule has 3 amide bonds. The number of para-hydroxylation sites is 1. The Morgan fingerprint density at radius 1 is 0.967 bits per heavy atom. The Bertz CT molecular complexity index is 901. The minimum absolute atomic E-state index is 0.0736. The van der Waals surface area contributed by atoms with E-state index in [9.17, 15) is 19.2 Å². The van der Waals surface area contributed by atoms with Crippen molar-refractivity contribution in [3.05, 3.63) is 65.7 Å². The van der Waals surface area contributed by atoms with Crippen molar-refractivity contribution in [1.82, 2.24) is 10.6 Å². The lowest BCUT2D eigenvalue weighted by Crippen LogP contribution is -2.42. The Balaban J connectivity index is 1.91. The van der Waals surface area contributed by atoms with Crippen LogP contribution in [-0.2, 0) is 25.7 Å². The van der Waals surface area contributed by atoms with Crippen LogP contribution in [0.15, 0.2) is 54.6 Å². The predicted octanol–water partition coefficient (Wildman–Crippen LogP) is 1.84. The van der Waals surface area contributed by atoms with Gasteiger partial charge in [-0.25, -0.2) is 4.79 Å². The first-order valence-corrected chi connectivity index (χ1v) is 9.13. The van der Waals surface area contributed by atoms with E-state index in [0.29, 0.717) is 0 Å². The van der Waals surface area contributed by atoms with Crippen molar-refractivity contribution in [3.63, 3.8) is 0 Å². The van der Waals surface area contributed by atoms with Gasteiger partial charge in [0.2, 0.25) is 5.91 Å². The molecule has 2 aromatic carbocycles. The van der Waals surface area contributed by atoms with Crippen LogP contribution in [0.4, 0.5) is 10.5 Å². The van der Waals surface area contributed by atoms with Crippen molar-refractivity contribution in [2.45, 2.75) is 19.6 Å². The Morgan fingerprint density at radius 2 is 1.63 bits per heavy atom. The number of hydrogen-bond donors (Lipinski definition) is 3. The van der Waals surface area contributed by atoms with Gasteiger partial charge in [-0.2, -0.15) is 0 Å². The van der Waals surface area contributed by atoms with Crippen molar-refractivity contribution in [2.75, 3.05) is 19.0 Å². The first kappa shape index (κ1) is 22.4. The Hall–Kier alpha value is -3.88. The molecule has 0 aliphatic heterocycles. The molecule has 0 saturated heterocycles. The van der Waals surface area contributed by atoms with Gasteiger partial charge in [-0.1, -0.05) is 42.5 Å². The molecule has 1 atom stereocenters. The number of ether oxygens (including phenoxy) is 2. The fourth-order valence-corrected chi connectivity index (χ4v) is 2.36. The maximum Gasteiger partial charge on any atom is 0.408 e. The normalized spacial score (nSPS) is 11.0. The molecule has 9 nitrogen and oxygen atoms in total. The molecular formula is C21H23N3O6. The monoisotopic (exact) mass is 413 g/mol. The van der Waals surface area contributed by atoms with E-state index in [1.807, 2.05) is 30.3 Å². The first-order valence-electron chi connectivity index (χ1n) is 9.13. The lowest BCUT2D eigenvalue weighted by atomic mass is 10.1. The number of methoxy groups -OCH3 is 1. The van der Waals surface area contributed by atoms with Crippen LogP contribution in [0.3, 0.4) is 0 Å². The Kier molecular flexibility index (Phi) is 8.37. The number of esters is 1. The second-order valence-corrected chi connectivity index (χ2v) is 6.22. The van der Waals surface area contributed by atoms with Crippen LogP contribution in [0.25, 0.3) is 0 Å². The number of carbonyl (C=O) groups excluding carboxylic acids is 4. The van der Waals surface area contributed by atoms with E-state index in [1.54, 1.807) is 12.1 Å². The molecule has 0 aromatic heterocycles. The van der Waals surface area contributed by atoms with E-state index in [0.717, 1.165) is 5.56 Å². The molecule has 3 N–H and O–H groups in total. The highest BCUT2D eigenvalue weighted by Crippen LogP contribution is 2.15. The number of anilines is 1. The summed E-state index contributed by atoms with van der Waals surface area (Å²) in [7, 11) is 1.21. The van der Waals surface area contributed by atoms with Crippen LogP contribution in [0.5, 0.6) is 0 Å². The van der Waals surface area contributed by atoms with Gasteiger partial charge in [0, 0.05) is 0 Å². The topological polar surface area (TPSA) is 123 Å². The Labute approximate surface area is 173 Å². The molecule has 158 valence electrons. The standard InChI is InChI=1S/C21H23N3O6/c1-14(23-21(28)30-13-15-8-4-3-5-9-15)19(26)24-17-11-7-6-10-16(17)20(27)22-12-18(25)29-2/h3-11,14H,12-13H2,1-2H3,(H,22,27)(H,23,28)(H,24,26)/t14-/m0/s1. The quantitative estimate of drug-likeness (QED) is 0.568. The average molecular weight is 413 g/mol. The average Bonchev–Trinajstić information content (AvgIpc) is 2.76. The summed E-state index contributed by atoms with van der Waals surface area (Å²) in [6.45, 7) is 1.26. The molecule has 0 heterocycles. The first-order chi connectivity index (χ1) is 14.4. The number of amides is 3. The third kappa shape index (κ3) is 6.93. The zero-order valence-electron chi connectivity index (χ0n) is 16.6. The van der Waals surface area contributed by atoms with E-state index < -0.39 is 29.9 Å². The van der Waals surface area contributed by atoms with Crippen molar-refractivity contribution in [2.24, 2.45) is 0 Å². The summed E-state index contributed by atoms with van der Waals surface area (Å²) in [4.78, 5) is 47.8. The van der Waals surface area contributed by atoms with Crippen LogP contribution in [0.1, 0.15) is 22.8 Å². The third-order valence-electron chi connectivity index (χ3n) is 3.99. The highest BCUT2D eigenvalue weighted by Gasteiger charge is 2.19. The predicted molar refractivity (Wildman–Crippen MR) is 109 cm³/mol. The summed E-state index contributed by atoms with van der Waals surface area (Å²) in [5.41, 5.74) is 1.21. The van der Waals surface area contributed by atoms with E-state index in [-0.39, 0.29) is 24.4 Å². The maximum atomic E-state index is 12.4. The van der Waals surface area contributed by atoms with E-state index >= 15 is 0 Å². The van der Waals surface area contributed by atoms with Gasteiger partial charge in [0.25, 0.3) is 5.91 Å². The molecule has 0 radical (unpaired) electrons. The molecular weight excluding hydrogens is 390 g/mol. The number of alkyl carbamates (subject to hydrolysis) is 1. The van der Waals surface area contributed by atoms with E-state index in [4.69, 9.17) is 4.74 Å². The Morgan fingerprint density at radius 3 is 2.33 bits per heavy atom. The zero-order chi connectivity index (χ0) is 21.9. The van der Waals surface area contributed by atoms with E-state index in [2.05, 4.69) is 20.7 Å². The summed E-state index contributed by atoms with van der Waals surface area (Å²) >= 11 is 0. The van der Waals surface area contributed by atoms with Crippen molar-refractivity contribution in [3.8, 4) is 0 Å². The van der Waals surface area contributed by atoms with Gasteiger partial charge in [0.15, 0.2) is 0 Å². The molecule has 0 bridgehead atoms. The van der Waals surface area contributed by atoms with Crippen LogP contribution in [0.2, 0.25) is 0 Å². The van der Waals surface area contributed by atoms with Gasteiger partial charge < -0.3 is 25.4 Å². The number of hydrogen-bond acceptors (Lipinski definition) is 6. The van der Waals surface area contributed by atoms with Crippen LogP contribution < -0.4 is 16.0 Å². The molecule has 0 unspecified atom stereocenters. The largest absolute Gasteiger partial charge is 0.468 e. The summed E-state index contributed by atoms with van der Waals surface area (Å²) in [5, 5.41) is 7.42. The van der Waals surface area contributed by atoms with E-state index in [1.165, 1.54) is 26.2 Å². The highest BCUT2D eigenvalue weighted by atomic mass is 16.5. The third-order valence-corrected chi connectivity index (χ3v) is 3.99. The molecule has 0 aliphatic carbocycles. The molecule has 2 rings (SSSR count). The van der Waals surface area contributed by atoms with Gasteiger partial charge in [-0.3, -0.25) is 14.4 Å². The van der Waals surface area contributed by atoms with Gasteiger partial charge in [0.1, 0.15) is 19.2 Å². The van der Waals surface area contributed by atoms with Gasteiger partial charge in [-0.15, -0.1) is 0 Å². The summed E-state index contributed by atoms with van der Waals surface area (Å²) < 4.78 is 9.56. The molecule has 2 aromatic rings. The zero-order valence-corrected chi connectivity index (χ0v) is 16.6. The maximum absolute atomic E-state index is 12.4. The van der Waals surface area contributed by atoms with Gasteiger partial charge in [0.05, 0.1) is 18.4 Å². The second kappa shape index (κ2) is 11.2. The fourth-order valence-electron chi connectivity index (χ4n) is 2.36. The smallest absolute Gasteiger partial charge is 0.408 e. The summed E-state index contributed by atoms with van der Waals surface area (Å²) in [6.07, 6.45) is -0.745. The molecule has 0 spiro atoms. The second-order valence-electron chi connectivity index (χ2n) is 6.22. The molecule has 9 heteroatoms. The lowest BCUT2D eigenvalue weighted by Gasteiger charge is -2.16. The number of rotatable bonds is 8. The minimum Gasteiger partial charge on any atom is -0.468 e. The number of carbonyl (C=O) groups is 4. The fraction of sp³-hybridized carbons (Fsp3) is 0.238. The van der Waals surface area contributed by atoms with Gasteiger partial charge in [-0.05, 0) is 24.6 Å². The molecule has 0 aliphatic rings. The van der Waals surface area contributed by atoms with Crippen LogP contribution >= 0.6 is 0 Å². The molecule has 0 saturated carbocycles. The van der Waals surface area contributed by atoms with Crippen molar-refractivity contribution < 1.29 is 28.7 Å². The minimum atomic E-state index is -0.917. The highest BCUT2D eigenvalue weighted by molar-refractivity contribution is 6.05. The lowest BCUT2D eigenvalue weighted by molar-refractivity contribution is -0.139. The number of benzene rings is 2. The summed E-state index contributed by atoms with van der Waals surface area (Å²) in [5.74, 6) is -1.70. The molecule has 0 fully saturated rings. The molecule has 30 heavy (non-hydrogen) atoms. The van der Waals surface area contributed by atoms with Crippen LogP contribution in [-0.4, -0.2) is 43.6 Å². The van der Waals surface area contributed by atoms with Gasteiger partial charge >= 0.3 is 12.1 Å². The van der Waals surface area contributed by atoms with Crippen molar-refractivity contribution >= 4 is 29.6 Å². The van der Waals surface area contributed by atoms with Crippen LogP contribution in [0, 0.1) is 0 Å².